The van der Waals surface area contributed by atoms with E-state index in [-0.39, 0.29) is 0 Å². The molecule has 0 aliphatic carbocycles. The van der Waals surface area contributed by atoms with Crippen LogP contribution in [0.15, 0.2) is 60.8 Å². The summed E-state index contributed by atoms with van der Waals surface area (Å²) >= 11 is 0. The lowest BCUT2D eigenvalue weighted by molar-refractivity contribution is -0.685. The van der Waals surface area contributed by atoms with E-state index in [2.05, 4.69) is 97.9 Å². The first kappa shape index (κ1) is 14.5. The molecule has 2 aromatic heterocycles. The maximum Gasteiger partial charge on any atom is 0.277 e. The first-order valence-electron chi connectivity index (χ1n) is 7.59. The highest BCUT2D eigenvalue weighted by Crippen LogP contribution is 2.22. The van der Waals surface area contributed by atoms with Gasteiger partial charge in [0.05, 0.1) is 0 Å². The van der Waals surface area contributed by atoms with E-state index in [0.29, 0.717) is 0 Å². The van der Waals surface area contributed by atoms with Gasteiger partial charge in [-0.2, -0.15) is 9.13 Å². The van der Waals surface area contributed by atoms with Gasteiger partial charge in [0.25, 0.3) is 11.4 Å². The molecule has 0 spiro atoms. The molecule has 22 heavy (non-hydrogen) atoms. The number of benzene rings is 1. The van der Waals surface area contributed by atoms with Crippen molar-refractivity contribution in [2.75, 3.05) is 0 Å². The highest BCUT2D eigenvalue weighted by atomic mass is 15.0. The molecule has 2 heteroatoms. The average Bonchev–Trinajstić information content (AvgIpc) is 2.51. The lowest BCUT2D eigenvalue weighted by atomic mass is 10.0. The van der Waals surface area contributed by atoms with Gasteiger partial charge < -0.3 is 0 Å². The van der Waals surface area contributed by atoms with Crippen molar-refractivity contribution in [1.82, 2.24) is 0 Å². The molecule has 0 radical (unpaired) electrons. The minimum atomic E-state index is 1.21. The van der Waals surface area contributed by atoms with E-state index in [4.69, 9.17) is 0 Å². The van der Waals surface area contributed by atoms with E-state index in [1.807, 2.05) is 0 Å². The maximum atomic E-state index is 2.27. The van der Waals surface area contributed by atoms with Crippen LogP contribution in [-0.4, -0.2) is 0 Å². The number of pyridine rings is 2. The summed E-state index contributed by atoms with van der Waals surface area (Å²) in [6.45, 7) is 4.30. The molecule has 0 fully saturated rings. The van der Waals surface area contributed by atoms with Gasteiger partial charge in [-0.05, 0) is 37.1 Å². The van der Waals surface area contributed by atoms with Gasteiger partial charge in [0.15, 0.2) is 6.20 Å². The predicted molar refractivity (Wildman–Crippen MR) is 89.1 cm³/mol. The van der Waals surface area contributed by atoms with Crippen molar-refractivity contribution in [3.63, 3.8) is 0 Å². The molecule has 110 valence electrons. The van der Waals surface area contributed by atoms with Crippen LogP contribution in [0.5, 0.6) is 0 Å². The average molecular weight is 290 g/mol. The van der Waals surface area contributed by atoms with Gasteiger partial charge in [-0.15, -0.1) is 0 Å². The second kappa shape index (κ2) is 5.72. The van der Waals surface area contributed by atoms with Crippen molar-refractivity contribution in [3.05, 3.63) is 71.9 Å². The minimum absolute atomic E-state index is 1.21. The van der Waals surface area contributed by atoms with Gasteiger partial charge in [0.2, 0.25) is 5.69 Å². The summed E-state index contributed by atoms with van der Waals surface area (Å²) in [5.41, 5.74) is 7.52. The summed E-state index contributed by atoms with van der Waals surface area (Å²) in [5.74, 6) is 0. The van der Waals surface area contributed by atoms with Gasteiger partial charge >= 0.3 is 0 Å². The Kier molecular flexibility index (Phi) is 3.76. The summed E-state index contributed by atoms with van der Waals surface area (Å²) in [6, 6.07) is 19.4. The molecule has 0 saturated carbocycles. The summed E-state index contributed by atoms with van der Waals surface area (Å²) in [7, 11) is 4.23. The van der Waals surface area contributed by atoms with E-state index >= 15 is 0 Å². The van der Waals surface area contributed by atoms with Crippen molar-refractivity contribution in [2.45, 2.75) is 13.8 Å². The zero-order valence-corrected chi connectivity index (χ0v) is 13.7. The molecule has 2 nitrogen and oxygen atoms in total. The van der Waals surface area contributed by atoms with Gasteiger partial charge in [0.1, 0.15) is 14.1 Å². The predicted octanol–water partition coefficient (Wildman–Crippen LogP) is 3.29. The second-order valence-corrected chi connectivity index (χ2v) is 5.87. The van der Waals surface area contributed by atoms with Crippen LogP contribution < -0.4 is 9.13 Å². The molecule has 0 atom stereocenters. The van der Waals surface area contributed by atoms with Crippen LogP contribution in [0.25, 0.3) is 22.6 Å². The number of aromatic nitrogens is 2. The Balaban J connectivity index is 2.22. The minimum Gasteiger partial charge on any atom is -0.196 e. The van der Waals surface area contributed by atoms with Gasteiger partial charge in [-0.1, -0.05) is 18.2 Å². The number of nitrogens with zero attached hydrogens (tertiary/aromatic N) is 2. The molecule has 2 heterocycles. The fourth-order valence-corrected chi connectivity index (χ4v) is 2.90. The summed E-state index contributed by atoms with van der Waals surface area (Å²) < 4.78 is 4.45. The zero-order valence-electron chi connectivity index (χ0n) is 13.7. The van der Waals surface area contributed by atoms with E-state index in [1.54, 1.807) is 0 Å². The Hall–Kier alpha value is -2.48. The van der Waals surface area contributed by atoms with Crippen molar-refractivity contribution in [2.24, 2.45) is 14.1 Å². The Bertz CT molecular complexity index is 835. The molecule has 0 aliphatic heterocycles. The summed E-state index contributed by atoms with van der Waals surface area (Å²) in [5, 5.41) is 0. The highest BCUT2D eigenvalue weighted by Gasteiger charge is 2.23. The Morgan fingerprint density at radius 1 is 0.727 bits per heavy atom. The van der Waals surface area contributed by atoms with Crippen LogP contribution in [0.1, 0.15) is 11.1 Å². The molecule has 0 unspecified atom stereocenters. The van der Waals surface area contributed by atoms with Crippen LogP contribution >= 0.6 is 0 Å². The fourth-order valence-electron chi connectivity index (χ4n) is 2.90. The lowest BCUT2D eigenvalue weighted by Gasteiger charge is -2.07. The largest absolute Gasteiger partial charge is 0.277 e. The van der Waals surface area contributed by atoms with E-state index in [1.165, 1.54) is 33.8 Å². The van der Waals surface area contributed by atoms with Crippen LogP contribution in [-0.2, 0) is 14.1 Å². The van der Waals surface area contributed by atoms with Gasteiger partial charge in [-0.25, -0.2) is 0 Å². The molecule has 3 rings (SSSR count). The topological polar surface area (TPSA) is 7.76 Å². The van der Waals surface area contributed by atoms with Crippen molar-refractivity contribution in [1.29, 1.82) is 0 Å². The summed E-state index contributed by atoms with van der Waals surface area (Å²) in [4.78, 5) is 0. The maximum absolute atomic E-state index is 2.27. The molecular weight excluding hydrogens is 268 g/mol. The first-order valence-corrected chi connectivity index (χ1v) is 7.59. The Morgan fingerprint density at radius 3 is 2.23 bits per heavy atom. The Morgan fingerprint density at radius 2 is 1.45 bits per heavy atom. The van der Waals surface area contributed by atoms with Gasteiger partial charge in [-0.3, -0.25) is 0 Å². The quantitative estimate of drug-likeness (QED) is 0.640. The molecule has 0 amide bonds. The number of rotatable bonds is 2. The molecule has 0 N–H and O–H groups in total. The van der Waals surface area contributed by atoms with Crippen LogP contribution in [0.3, 0.4) is 0 Å². The van der Waals surface area contributed by atoms with E-state index in [0.717, 1.165) is 0 Å². The van der Waals surface area contributed by atoms with Crippen molar-refractivity contribution in [3.8, 4) is 22.6 Å². The number of hydrogen-bond acceptors (Lipinski definition) is 0. The molecular formula is C20H22N2+2. The SMILES string of the molecule is Cc1cc[n+](C)c(-c2cccc(-c3ccccc3C)[n+]2C)c1. The van der Waals surface area contributed by atoms with E-state index < -0.39 is 0 Å². The van der Waals surface area contributed by atoms with Gasteiger partial charge in [0, 0.05) is 29.8 Å². The second-order valence-electron chi connectivity index (χ2n) is 5.87. The molecule has 0 bridgehead atoms. The van der Waals surface area contributed by atoms with Crippen molar-refractivity contribution >= 4 is 0 Å². The summed E-state index contributed by atoms with van der Waals surface area (Å²) in [6.07, 6.45) is 2.12. The monoisotopic (exact) mass is 290 g/mol. The molecule has 0 aliphatic rings. The smallest absolute Gasteiger partial charge is 0.196 e. The number of aryl methyl sites for hydroxylation is 3. The number of hydrogen-bond donors (Lipinski definition) is 0. The van der Waals surface area contributed by atoms with Crippen LogP contribution in [0, 0.1) is 13.8 Å². The van der Waals surface area contributed by atoms with Crippen LogP contribution in [0.2, 0.25) is 0 Å². The van der Waals surface area contributed by atoms with E-state index in [9.17, 15) is 0 Å². The third-order valence-electron chi connectivity index (χ3n) is 4.22. The van der Waals surface area contributed by atoms with Crippen molar-refractivity contribution < 1.29 is 9.13 Å². The highest BCUT2D eigenvalue weighted by molar-refractivity contribution is 5.62. The Labute approximate surface area is 132 Å². The normalized spacial score (nSPS) is 10.7. The fraction of sp³-hybridized carbons (Fsp3) is 0.200. The molecule has 3 aromatic rings. The lowest BCUT2D eigenvalue weighted by Crippen LogP contribution is -2.40. The molecule has 1 aromatic carbocycles. The third-order valence-corrected chi connectivity index (χ3v) is 4.22. The first-order chi connectivity index (χ1) is 10.6. The third kappa shape index (κ3) is 2.52. The zero-order chi connectivity index (χ0) is 15.7. The molecule has 0 saturated heterocycles. The standard InChI is InChI=1S/C20H22N2/c1-15-12-13-21(3)20(14-15)19-11-7-10-18(22(19)4)17-9-6-5-8-16(17)2/h5-14H,1-4H3/q+2. The van der Waals surface area contributed by atoms with Crippen LogP contribution in [0.4, 0.5) is 0 Å².